The van der Waals surface area contributed by atoms with Crippen LogP contribution in [0.3, 0.4) is 0 Å². The second-order valence-electron chi connectivity index (χ2n) is 7.00. The molecule has 0 saturated heterocycles. The number of rotatable bonds is 4. The average Bonchev–Trinajstić information content (AvgIpc) is 3.15. The summed E-state index contributed by atoms with van der Waals surface area (Å²) in [5.74, 6) is 10.7. The maximum atomic E-state index is 5.97. The van der Waals surface area contributed by atoms with Crippen molar-refractivity contribution < 1.29 is 0 Å². The monoisotopic (exact) mass is 250 g/mol. The predicted octanol–water partition coefficient (Wildman–Crippen LogP) is 3.47. The number of nitrogens with two attached hydrogens (primary N) is 1. The summed E-state index contributed by atoms with van der Waals surface area (Å²) in [5.41, 5.74) is 3.25. The van der Waals surface area contributed by atoms with Crippen LogP contribution in [-0.4, -0.2) is 6.04 Å². The predicted molar refractivity (Wildman–Crippen MR) is 75.8 cm³/mol. The van der Waals surface area contributed by atoms with Crippen molar-refractivity contribution in [3.63, 3.8) is 0 Å². The van der Waals surface area contributed by atoms with Gasteiger partial charge in [0, 0.05) is 6.04 Å². The molecule has 3 saturated carbocycles. The van der Waals surface area contributed by atoms with Crippen molar-refractivity contribution in [3.05, 3.63) is 0 Å². The molecule has 2 heteroatoms. The van der Waals surface area contributed by atoms with E-state index in [2.05, 4.69) is 12.3 Å². The maximum absolute atomic E-state index is 5.97. The van der Waals surface area contributed by atoms with Crippen LogP contribution in [-0.2, 0) is 0 Å². The third-order valence-electron chi connectivity index (χ3n) is 6.28. The molecule has 104 valence electrons. The molecular weight excluding hydrogens is 220 g/mol. The van der Waals surface area contributed by atoms with Gasteiger partial charge in [-0.2, -0.15) is 0 Å². The minimum atomic E-state index is 0.628. The Labute approximate surface area is 112 Å². The zero-order valence-corrected chi connectivity index (χ0v) is 11.9. The van der Waals surface area contributed by atoms with Gasteiger partial charge in [-0.25, -0.2) is 0 Å². The van der Waals surface area contributed by atoms with Crippen LogP contribution in [0.5, 0.6) is 0 Å². The first-order valence-electron chi connectivity index (χ1n) is 8.33. The molecule has 5 atom stereocenters. The summed E-state index contributed by atoms with van der Waals surface area (Å²) in [7, 11) is 0. The first kappa shape index (κ1) is 12.9. The largest absolute Gasteiger partial charge is 0.271 e. The summed E-state index contributed by atoms with van der Waals surface area (Å²) < 4.78 is 0. The smallest absolute Gasteiger partial charge is 0.0275 e. The van der Waals surface area contributed by atoms with E-state index in [1.54, 1.807) is 0 Å². The highest BCUT2D eigenvalue weighted by Crippen LogP contribution is 2.59. The number of hydrogen-bond donors (Lipinski definition) is 2. The molecule has 0 amide bonds. The van der Waals surface area contributed by atoms with Gasteiger partial charge in [-0.1, -0.05) is 45.4 Å². The Morgan fingerprint density at radius 2 is 1.61 bits per heavy atom. The van der Waals surface area contributed by atoms with E-state index in [4.69, 9.17) is 5.84 Å². The molecule has 3 N–H and O–H groups in total. The lowest BCUT2D eigenvalue weighted by atomic mass is 9.72. The Bertz CT molecular complexity index is 266. The quantitative estimate of drug-likeness (QED) is 0.592. The molecule has 0 radical (unpaired) electrons. The van der Waals surface area contributed by atoms with Crippen LogP contribution in [0.1, 0.15) is 64.7 Å². The van der Waals surface area contributed by atoms with Crippen LogP contribution in [0.25, 0.3) is 0 Å². The van der Waals surface area contributed by atoms with Gasteiger partial charge >= 0.3 is 0 Å². The van der Waals surface area contributed by atoms with Gasteiger partial charge in [0.25, 0.3) is 0 Å². The Morgan fingerprint density at radius 3 is 2.22 bits per heavy atom. The summed E-state index contributed by atoms with van der Waals surface area (Å²) in [6.07, 6.45) is 13.0. The van der Waals surface area contributed by atoms with Crippen LogP contribution in [0.4, 0.5) is 0 Å². The maximum Gasteiger partial charge on any atom is 0.0275 e. The van der Waals surface area contributed by atoms with Gasteiger partial charge in [0.05, 0.1) is 0 Å². The van der Waals surface area contributed by atoms with E-state index in [0.717, 1.165) is 29.6 Å². The molecule has 5 unspecified atom stereocenters. The third-order valence-corrected chi connectivity index (χ3v) is 6.28. The molecule has 0 spiro atoms. The SMILES string of the molecule is CCC1CCCCC1C(NN)C1C2CCCCC21. The van der Waals surface area contributed by atoms with Gasteiger partial charge in [-0.3, -0.25) is 11.3 Å². The summed E-state index contributed by atoms with van der Waals surface area (Å²) in [5, 5.41) is 0. The highest BCUT2D eigenvalue weighted by atomic mass is 15.2. The van der Waals surface area contributed by atoms with Crippen LogP contribution >= 0.6 is 0 Å². The Kier molecular flexibility index (Phi) is 3.95. The second kappa shape index (κ2) is 5.50. The Morgan fingerprint density at radius 1 is 1.00 bits per heavy atom. The van der Waals surface area contributed by atoms with Crippen molar-refractivity contribution >= 4 is 0 Å². The fourth-order valence-electron chi connectivity index (χ4n) is 5.32. The second-order valence-corrected chi connectivity index (χ2v) is 7.00. The van der Waals surface area contributed by atoms with E-state index < -0.39 is 0 Å². The van der Waals surface area contributed by atoms with Gasteiger partial charge < -0.3 is 0 Å². The van der Waals surface area contributed by atoms with Crippen molar-refractivity contribution in [2.24, 2.45) is 35.4 Å². The molecule has 18 heavy (non-hydrogen) atoms. The van der Waals surface area contributed by atoms with Crippen molar-refractivity contribution in [1.82, 2.24) is 5.43 Å². The molecule has 0 bridgehead atoms. The molecule has 0 heterocycles. The highest BCUT2D eigenvalue weighted by molar-refractivity contribution is 5.06. The van der Waals surface area contributed by atoms with Crippen molar-refractivity contribution in [1.29, 1.82) is 0 Å². The van der Waals surface area contributed by atoms with Gasteiger partial charge in [0.1, 0.15) is 0 Å². The highest BCUT2D eigenvalue weighted by Gasteiger charge is 2.56. The standard InChI is InChI=1S/C16H30N2/c1-2-11-7-3-4-8-12(11)16(18-17)15-13-9-5-6-10-14(13)15/h11-16,18H,2-10,17H2,1H3. The van der Waals surface area contributed by atoms with Crippen LogP contribution in [0, 0.1) is 29.6 Å². The minimum Gasteiger partial charge on any atom is -0.271 e. The fraction of sp³-hybridized carbons (Fsp3) is 1.00. The first-order valence-corrected chi connectivity index (χ1v) is 8.33. The normalized spacial score (nSPS) is 45.3. The topological polar surface area (TPSA) is 38.0 Å². The fourth-order valence-corrected chi connectivity index (χ4v) is 5.32. The van der Waals surface area contributed by atoms with Crippen molar-refractivity contribution in [2.75, 3.05) is 0 Å². The first-order chi connectivity index (χ1) is 8.86. The van der Waals surface area contributed by atoms with E-state index in [0.29, 0.717) is 6.04 Å². The van der Waals surface area contributed by atoms with Gasteiger partial charge in [-0.15, -0.1) is 0 Å². The average molecular weight is 250 g/mol. The van der Waals surface area contributed by atoms with E-state index in [-0.39, 0.29) is 0 Å². The number of nitrogens with one attached hydrogen (secondary N) is 1. The van der Waals surface area contributed by atoms with E-state index in [1.807, 2.05) is 0 Å². The molecule has 3 aliphatic rings. The van der Waals surface area contributed by atoms with Crippen LogP contribution < -0.4 is 11.3 Å². The zero-order chi connectivity index (χ0) is 12.5. The molecule has 0 aliphatic heterocycles. The number of fused-ring (bicyclic) bond motifs is 1. The van der Waals surface area contributed by atoms with Crippen molar-refractivity contribution in [3.8, 4) is 0 Å². The summed E-state index contributed by atoms with van der Waals surface area (Å²) in [6, 6.07) is 0.628. The molecule has 0 aromatic heterocycles. The lowest BCUT2D eigenvalue weighted by Crippen LogP contribution is -2.46. The van der Waals surface area contributed by atoms with Gasteiger partial charge in [-0.05, 0) is 48.9 Å². The Hall–Kier alpha value is -0.0800. The molecule has 3 rings (SSSR count). The molecule has 3 aliphatic carbocycles. The summed E-state index contributed by atoms with van der Waals surface area (Å²) in [4.78, 5) is 0. The third kappa shape index (κ3) is 2.22. The summed E-state index contributed by atoms with van der Waals surface area (Å²) >= 11 is 0. The van der Waals surface area contributed by atoms with E-state index in [1.165, 1.54) is 57.8 Å². The lowest BCUT2D eigenvalue weighted by Gasteiger charge is -2.37. The van der Waals surface area contributed by atoms with Gasteiger partial charge in [0.2, 0.25) is 0 Å². The number of hydrazine groups is 1. The molecule has 0 aromatic carbocycles. The molecular formula is C16H30N2. The van der Waals surface area contributed by atoms with Crippen molar-refractivity contribution in [2.45, 2.75) is 70.8 Å². The molecule has 2 nitrogen and oxygen atoms in total. The van der Waals surface area contributed by atoms with E-state index >= 15 is 0 Å². The van der Waals surface area contributed by atoms with Gasteiger partial charge in [0.15, 0.2) is 0 Å². The molecule has 3 fully saturated rings. The lowest BCUT2D eigenvalue weighted by molar-refractivity contribution is 0.156. The number of hydrogen-bond acceptors (Lipinski definition) is 2. The summed E-state index contributed by atoms with van der Waals surface area (Å²) in [6.45, 7) is 2.37. The Balaban J connectivity index is 1.67. The zero-order valence-electron chi connectivity index (χ0n) is 11.9. The van der Waals surface area contributed by atoms with Crippen LogP contribution in [0.15, 0.2) is 0 Å². The minimum absolute atomic E-state index is 0.628. The molecule has 0 aromatic rings. The van der Waals surface area contributed by atoms with Crippen LogP contribution in [0.2, 0.25) is 0 Å². The van der Waals surface area contributed by atoms with E-state index in [9.17, 15) is 0 Å².